The van der Waals surface area contributed by atoms with Gasteiger partial charge in [-0.3, -0.25) is 4.79 Å². The Kier molecular flexibility index (Phi) is 4.91. The van der Waals surface area contributed by atoms with E-state index in [-0.39, 0.29) is 23.4 Å². The van der Waals surface area contributed by atoms with Gasteiger partial charge in [0.2, 0.25) is 0 Å². The molecule has 4 nitrogen and oxygen atoms in total. The molecule has 0 atom stereocenters. The molecule has 1 saturated heterocycles. The number of aldehydes is 1. The minimum atomic E-state index is -0.873. The zero-order valence-electron chi connectivity index (χ0n) is 15.4. The minimum absolute atomic E-state index is 0.192. The van der Waals surface area contributed by atoms with E-state index in [9.17, 15) is 9.18 Å². The number of hydrogen-bond acceptors (Lipinski definition) is 4. The van der Waals surface area contributed by atoms with Gasteiger partial charge in [-0.25, -0.2) is 4.39 Å². The molecular weight excluding hydrogens is 334 g/mol. The van der Waals surface area contributed by atoms with E-state index in [4.69, 9.17) is 14.0 Å². The highest BCUT2D eigenvalue weighted by Crippen LogP contribution is 2.37. The van der Waals surface area contributed by atoms with Gasteiger partial charge in [0.1, 0.15) is 18.2 Å². The molecule has 0 N–H and O–H groups in total. The Balaban J connectivity index is 1.85. The average Bonchev–Trinajstić information content (AvgIpc) is 2.81. The Hall–Kier alpha value is -2.18. The van der Waals surface area contributed by atoms with Crippen LogP contribution in [0.5, 0.6) is 5.75 Å². The molecule has 6 heteroatoms. The van der Waals surface area contributed by atoms with Crippen LogP contribution in [0.4, 0.5) is 4.39 Å². The topological polar surface area (TPSA) is 44.8 Å². The van der Waals surface area contributed by atoms with E-state index < -0.39 is 24.1 Å². The third kappa shape index (κ3) is 3.52. The first-order valence-corrected chi connectivity index (χ1v) is 8.54. The summed E-state index contributed by atoms with van der Waals surface area (Å²) < 4.78 is 32.1. The van der Waals surface area contributed by atoms with Crippen LogP contribution in [0, 0.1) is 5.82 Å². The van der Waals surface area contributed by atoms with Gasteiger partial charge < -0.3 is 14.0 Å². The Morgan fingerprint density at radius 1 is 1.08 bits per heavy atom. The van der Waals surface area contributed by atoms with Gasteiger partial charge in [0, 0.05) is 11.5 Å². The molecule has 3 rings (SSSR count). The first kappa shape index (κ1) is 18.6. The molecule has 1 aliphatic rings. The van der Waals surface area contributed by atoms with Gasteiger partial charge in [0.25, 0.3) is 0 Å². The first-order valence-electron chi connectivity index (χ1n) is 8.54. The van der Waals surface area contributed by atoms with Gasteiger partial charge in [0.05, 0.1) is 16.8 Å². The molecule has 0 aliphatic carbocycles. The summed E-state index contributed by atoms with van der Waals surface area (Å²) in [7, 11) is -0.873. The lowest BCUT2D eigenvalue weighted by Gasteiger charge is -2.32. The molecule has 1 heterocycles. The van der Waals surface area contributed by atoms with Gasteiger partial charge in [0.15, 0.2) is 6.29 Å². The van der Waals surface area contributed by atoms with E-state index >= 15 is 0 Å². The molecular formula is C20H22BFO4. The van der Waals surface area contributed by atoms with E-state index in [0.29, 0.717) is 6.29 Å². The summed E-state index contributed by atoms with van der Waals surface area (Å²) in [4.78, 5) is 11.5. The summed E-state index contributed by atoms with van der Waals surface area (Å²) in [6, 6.07) is 12.1. The molecule has 0 saturated carbocycles. The molecule has 2 aromatic rings. The quantitative estimate of drug-likeness (QED) is 0.608. The van der Waals surface area contributed by atoms with Gasteiger partial charge in [-0.2, -0.15) is 0 Å². The highest BCUT2D eigenvalue weighted by molar-refractivity contribution is 6.62. The number of carbonyl (C=O) groups is 1. The number of ether oxygens (including phenoxy) is 1. The summed E-state index contributed by atoms with van der Waals surface area (Å²) in [5.74, 6) is -0.334. The molecule has 136 valence electrons. The minimum Gasteiger partial charge on any atom is -0.488 e. The average molecular weight is 356 g/mol. The lowest BCUT2D eigenvalue weighted by Crippen LogP contribution is -2.41. The molecule has 2 aromatic carbocycles. The van der Waals surface area contributed by atoms with Crippen molar-refractivity contribution in [3.05, 3.63) is 59.4 Å². The molecule has 26 heavy (non-hydrogen) atoms. The highest BCUT2D eigenvalue weighted by atomic mass is 19.1. The second kappa shape index (κ2) is 6.85. The van der Waals surface area contributed by atoms with Crippen LogP contribution in [-0.2, 0) is 15.9 Å². The fourth-order valence-corrected chi connectivity index (χ4v) is 2.69. The van der Waals surface area contributed by atoms with Crippen molar-refractivity contribution < 1.29 is 23.2 Å². The van der Waals surface area contributed by atoms with Crippen LogP contribution in [0.3, 0.4) is 0 Å². The van der Waals surface area contributed by atoms with Crippen molar-refractivity contribution in [1.82, 2.24) is 0 Å². The van der Waals surface area contributed by atoms with Gasteiger partial charge in [-0.15, -0.1) is 0 Å². The maximum Gasteiger partial charge on any atom is 0.497 e. The molecule has 0 bridgehead atoms. The zero-order valence-corrected chi connectivity index (χ0v) is 15.4. The van der Waals surface area contributed by atoms with Crippen LogP contribution in [0.25, 0.3) is 0 Å². The number of benzene rings is 2. The standard InChI is InChI=1S/C20H22BFO4/c1-19(2)20(3,4)26-21(25-19)16-10-15(12-23)18(11-17(16)22)24-13-14-8-6-5-7-9-14/h5-12H,13H2,1-4H3. The fraction of sp³-hybridized carbons (Fsp3) is 0.350. The molecule has 1 fully saturated rings. The van der Waals surface area contributed by atoms with Crippen molar-refractivity contribution >= 4 is 18.9 Å². The molecule has 0 amide bonds. The van der Waals surface area contributed by atoms with E-state index in [1.807, 2.05) is 58.0 Å². The Labute approximate surface area is 153 Å². The molecule has 0 unspecified atom stereocenters. The Morgan fingerprint density at radius 3 is 2.27 bits per heavy atom. The van der Waals surface area contributed by atoms with Crippen molar-refractivity contribution in [2.75, 3.05) is 0 Å². The third-order valence-electron chi connectivity index (χ3n) is 5.00. The maximum atomic E-state index is 14.7. The molecule has 0 aromatic heterocycles. The van der Waals surface area contributed by atoms with Crippen molar-refractivity contribution in [2.24, 2.45) is 0 Å². The van der Waals surface area contributed by atoms with Crippen molar-refractivity contribution in [3.63, 3.8) is 0 Å². The van der Waals surface area contributed by atoms with Gasteiger partial charge >= 0.3 is 7.12 Å². The molecule has 1 aliphatic heterocycles. The van der Waals surface area contributed by atoms with Crippen LogP contribution < -0.4 is 10.2 Å². The molecule has 0 radical (unpaired) electrons. The van der Waals surface area contributed by atoms with Crippen molar-refractivity contribution in [1.29, 1.82) is 0 Å². The number of rotatable bonds is 5. The number of hydrogen-bond donors (Lipinski definition) is 0. The zero-order chi connectivity index (χ0) is 18.9. The lowest BCUT2D eigenvalue weighted by molar-refractivity contribution is 0.00578. The second-order valence-electron chi connectivity index (χ2n) is 7.39. The van der Waals surface area contributed by atoms with E-state index in [1.165, 1.54) is 12.1 Å². The lowest BCUT2D eigenvalue weighted by atomic mass is 9.78. The normalized spacial score (nSPS) is 18.0. The number of halogens is 1. The molecule has 0 spiro atoms. The van der Waals surface area contributed by atoms with Crippen LogP contribution >= 0.6 is 0 Å². The summed E-state index contributed by atoms with van der Waals surface area (Å²) in [6.45, 7) is 7.81. The van der Waals surface area contributed by atoms with Gasteiger partial charge in [-0.05, 0) is 39.3 Å². The third-order valence-corrected chi connectivity index (χ3v) is 5.00. The largest absolute Gasteiger partial charge is 0.497 e. The first-order chi connectivity index (χ1) is 12.2. The summed E-state index contributed by atoms with van der Waals surface area (Å²) >= 11 is 0. The Morgan fingerprint density at radius 2 is 1.69 bits per heavy atom. The van der Waals surface area contributed by atoms with E-state index in [0.717, 1.165) is 5.56 Å². The second-order valence-corrected chi connectivity index (χ2v) is 7.39. The van der Waals surface area contributed by atoms with Crippen LogP contribution in [0.15, 0.2) is 42.5 Å². The summed E-state index contributed by atoms with van der Waals surface area (Å²) in [5, 5.41) is 0. The predicted octanol–water partition coefficient (Wildman–Crippen LogP) is 3.52. The summed E-state index contributed by atoms with van der Waals surface area (Å²) in [5.41, 5.74) is 0.201. The van der Waals surface area contributed by atoms with Gasteiger partial charge in [-0.1, -0.05) is 30.3 Å². The number of carbonyl (C=O) groups excluding carboxylic acids is 1. The van der Waals surface area contributed by atoms with E-state index in [1.54, 1.807) is 0 Å². The van der Waals surface area contributed by atoms with Crippen molar-refractivity contribution in [3.8, 4) is 5.75 Å². The smallest absolute Gasteiger partial charge is 0.488 e. The SMILES string of the molecule is CC1(C)OB(c2cc(C=O)c(OCc3ccccc3)cc2F)OC1(C)C. The van der Waals surface area contributed by atoms with Crippen LogP contribution in [0.1, 0.15) is 43.6 Å². The van der Waals surface area contributed by atoms with Crippen LogP contribution in [0.2, 0.25) is 0 Å². The predicted molar refractivity (Wildman–Crippen MR) is 98.3 cm³/mol. The monoisotopic (exact) mass is 356 g/mol. The maximum absolute atomic E-state index is 14.7. The van der Waals surface area contributed by atoms with E-state index in [2.05, 4.69) is 0 Å². The fourth-order valence-electron chi connectivity index (χ4n) is 2.69. The Bertz CT molecular complexity index is 789. The van der Waals surface area contributed by atoms with Crippen molar-refractivity contribution in [2.45, 2.75) is 45.5 Å². The summed E-state index contributed by atoms with van der Waals surface area (Å²) in [6.07, 6.45) is 0.647. The highest BCUT2D eigenvalue weighted by Gasteiger charge is 2.52. The van der Waals surface area contributed by atoms with Crippen LogP contribution in [-0.4, -0.2) is 24.6 Å².